The minimum Gasteiger partial charge on any atom is -0.376 e. The van der Waals surface area contributed by atoms with Crippen LogP contribution in [0, 0.1) is 0 Å². The molecule has 0 spiro atoms. The van der Waals surface area contributed by atoms with Crippen molar-refractivity contribution in [3.8, 4) is 0 Å². The van der Waals surface area contributed by atoms with E-state index in [1.54, 1.807) is 16.2 Å². The zero-order valence-corrected chi connectivity index (χ0v) is 9.94. The Morgan fingerprint density at radius 2 is 2.65 bits per heavy atom. The molecule has 17 heavy (non-hydrogen) atoms. The number of ether oxygens (including phenoxy) is 1. The van der Waals surface area contributed by atoms with E-state index in [2.05, 4.69) is 15.4 Å². The van der Waals surface area contributed by atoms with Crippen LogP contribution in [0.3, 0.4) is 0 Å². The second-order valence-electron chi connectivity index (χ2n) is 3.94. The number of aromatic nitrogens is 3. The number of fused-ring (bicyclic) bond motifs is 1. The van der Waals surface area contributed by atoms with Gasteiger partial charge in [0.15, 0.2) is 0 Å². The highest BCUT2D eigenvalue weighted by molar-refractivity contribution is 7.14. The molecule has 1 aliphatic rings. The Bertz CT molecular complexity index is 501. The molecule has 1 N–H and O–H groups in total. The van der Waals surface area contributed by atoms with Crippen molar-refractivity contribution in [1.82, 2.24) is 19.9 Å². The van der Waals surface area contributed by atoms with E-state index in [9.17, 15) is 4.79 Å². The fourth-order valence-corrected chi connectivity index (χ4v) is 2.45. The molecule has 0 bridgehead atoms. The van der Waals surface area contributed by atoms with Gasteiger partial charge in [0.1, 0.15) is 11.2 Å². The molecule has 1 fully saturated rings. The average molecular weight is 252 g/mol. The molecule has 6 nitrogen and oxygen atoms in total. The third-order valence-electron chi connectivity index (χ3n) is 2.73. The summed E-state index contributed by atoms with van der Waals surface area (Å²) in [4.78, 5) is 16.7. The summed E-state index contributed by atoms with van der Waals surface area (Å²) in [5, 5.41) is 6.86. The summed E-state index contributed by atoms with van der Waals surface area (Å²) in [6, 6.07) is 0. The largest absolute Gasteiger partial charge is 0.376 e. The summed E-state index contributed by atoms with van der Waals surface area (Å²) in [5.74, 6) is -0.168. The Kier molecular flexibility index (Phi) is 2.77. The van der Waals surface area contributed by atoms with Gasteiger partial charge < -0.3 is 10.1 Å². The average Bonchev–Trinajstić information content (AvgIpc) is 3.01. The highest BCUT2D eigenvalue weighted by Crippen LogP contribution is 2.11. The molecular weight excluding hydrogens is 240 g/mol. The van der Waals surface area contributed by atoms with Crippen molar-refractivity contribution in [2.24, 2.45) is 0 Å². The van der Waals surface area contributed by atoms with Crippen LogP contribution >= 0.6 is 11.3 Å². The van der Waals surface area contributed by atoms with E-state index in [1.807, 2.05) is 0 Å². The van der Waals surface area contributed by atoms with E-state index in [4.69, 9.17) is 4.74 Å². The predicted octanol–water partition coefficient (Wildman–Crippen LogP) is 0.700. The lowest BCUT2D eigenvalue weighted by Crippen LogP contribution is -2.31. The highest BCUT2D eigenvalue weighted by atomic mass is 32.1. The van der Waals surface area contributed by atoms with Gasteiger partial charge in [0.2, 0.25) is 4.96 Å². The van der Waals surface area contributed by atoms with Gasteiger partial charge in [-0.3, -0.25) is 4.79 Å². The molecule has 1 aliphatic heterocycles. The van der Waals surface area contributed by atoms with Gasteiger partial charge in [-0.15, -0.1) is 0 Å². The highest BCUT2D eigenvalue weighted by Gasteiger charge is 2.18. The Balaban J connectivity index is 1.63. The molecule has 1 unspecified atom stereocenters. The van der Waals surface area contributed by atoms with Crippen molar-refractivity contribution in [3.63, 3.8) is 0 Å². The van der Waals surface area contributed by atoms with E-state index < -0.39 is 0 Å². The number of carbonyl (C=O) groups excluding carboxylic acids is 1. The first-order chi connectivity index (χ1) is 8.33. The zero-order chi connectivity index (χ0) is 11.7. The standard InChI is InChI=1S/C10H12N4O2S/c15-9(11-4-7-2-1-3-16-7)8-5-14-10(13-8)17-6-12-14/h5-7H,1-4H2,(H,11,15). The van der Waals surface area contributed by atoms with Gasteiger partial charge in [-0.1, -0.05) is 11.3 Å². The maximum atomic E-state index is 11.8. The van der Waals surface area contributed by atoms with Gasteiger partial charge in [-0.05, 0) is 12.8 Å². The van der Waals surface area contributed by atoms with Gasteiger partial charge in [0.05, 0.1) is 12.3 Å². The van der Waals surface area contributed by atoms with Crippen molar-refractivity contribution in [1.29, 1.82) is 0 Å². The molecule has 1 saturated heterocycles. The van der Waals surface area contributed by atoms with Crippen molar-refractivity contribution in [2.45, 2.75) is 18.9 Å². The topological polar surface area (TPSA) is 68.5 Å². The van der Waals surface area contributed by atoms with Crippen LogP contribution in [0.2, 0.25) is 0 Å². The first-order valence-corrected chi connectivity index (χ1v) is 6.39. The fraction of sp³-hybridized carbons (Fsp3) is 0.500. The molecule has 90 valence electrons. The zero-order valence-electron chi connectivity index (χ0n) is 9.13. The maximum absolute atomic E-state index is 11.8. The van der Waals surface area contributed by atoms with Crippen LogP contribution in [0.15, 0.2) is 11.7 Å². The van der Waals surface area contributed by atoms with Gasteiger partial charge >= 0.3 is 0 Å². The van der Waals surface area contributed by atoms with E-state index in [1.165, 1.54) is 11.3 Å². The summed E-state index contributed by atoms with van der Waals surface area (Å²) in [6.07, 6.45) is 3.88. The molecule has 0 aromatic carbocycles. The molecule has 2 aromatic rings. The number of nitrogens with zero attached hydrogens (tertiary/aromatic N) is 3. The third kappa shape index (κ3) is 2.16. The predicted molar refractivity (Wildman–Crippen MR) is 62.2 cm³/mol. The molecular formula is C10H12N4O2S. The van der Waals surface area contributed by atoms with Crippen LogP contribution in [-0.4, -0.2) is 39.8 Å². The van der Waals surface area contributed by atoms with Gasteiger partial charge in [-0.2, -0.15) is 5.10 Å². The molecule has 1 atom stereocenters. The number of amides is 1. The van der Waals surface area contributed by atoms with Crippen LogP contribution in [0.25, 0.3) is 4.96 Å². The first-order valence-electron chi connectivity index (χ1n) is 5.51. The summed E-state index contributed by atoms with van der Waals surface area (Å²) in [6.45, 7) is 1.35. The summed E-state index contributed by atoms with van der Waals surface area (Å²) < 4.78 is 7.04. The SMILES string of the molecule is O=C(NCC1CCCO1)c1cn2ncsc2n1. The molecule has 0 radical (unpaired) electrons. The third-order valence-corrected chi connectivity index (χ3v) is 3.42. The van der Waals surface area contributed by atoms with Crippen LogP contribution in [-0.2, 0) is 4.74 Å². The van der Waals surface area contributed by atoms with Crippen molar-refractivity contribution < 1.29 is 9.53 Å². The normalized spacial score (nSPS) is 19.9. The monoisotopic (exact) mass is 252 g/mol. The molecule has 3 rings (SSSR count). The second-order valence-corrected chi connectivity index (χ2v) is 4.75. The van der Waals surface area contributed by atoms with Crippen LogP contribution in [0.4, 0.5) is 0 Å². The van der Waals surface area contributed by atoms with Gasteiger partial charge in [0.25, 0.3) is 5.91 Å². The van der Waals surface area contributed by atoms with Crippen molar-refractivity contribution >= 4 is 22.2 Å². The van der Waals surface area contributed by atoms with Crippen molar-refractivity contribution in [2.75, 3.05) is 13.2 Å². The van der Waals surface area contributed by atoms with E-state index >= 15 is 0 Å². The number of imidazole rings is 1. The van der Waals surface area contributed by atoms with Gasteiger partial charge in [0, 0.05) is 13.2 Å². The van der Waals surface area contributed by atoms with Crippen molar-refractivity contribution in [3.05, 3.63) is 17.4 Å². The molecule has 3 heterocycles. The van der Waals surface area contributed by atoms with E-state index in [0.29, 0.717) is 12.2 Å². The Labute approximate surface area is 102 Å². The summed E-state index contributed by atoms with van der Waals surface area (Å²) >= 11 is 1.41. The van der Waals surface area contributed by atoms with Crippen LogP contribution in [0.5, 0.6) is 0 Å². The number of hydrogen-bond donors (Lipinski definition) is 1. The number of carbonyl (C=O) groups is 1. The number of hydrogen-bond acceptors (Lipinski definition) is 5. The number of nitrogens with one attached hydrogen (secondary N) is 1. The minimum absolute atomic E-state index is 0.154. The maximum Gasteiger partial charge on any atom is 0.271 e. The molecule has 7 heteroatoms. The minimum atomic E-state index is -0.168. The smallest absolute Gasteiger partial charge is 0.271 e. The molecule has 1 amide bonds. The lowest BCUT2D eigenvalue weighted by molar-refractivity contribution is 0.0854. The Morgan fingerprint density at radius 3 is 3.41 bits per heavy atom. The number of rotatable bonds is 3. The lowest BCUT2D eigenvalue weighted by atomic mass is 10.2. The molecule has 2 aromatic heterocycles. The summed E-state index contributed by atoms with van der Waals surface area (Å²) in [5.41, 5.74) is 2.10. The van der Waals surface area contributed by atoms with Crippen LogP contribution in [0.1, 0.15) is 23.3 Å². The van der Waals surface area contributed by atoms with E-state index in [-0.39, 0.29) is 12.0 Å². The fourth-order valence-electron chi connectivity index (χ4n) is 1.85. The Morgan fingerprint density at radius 1 is 1.71 bits per heavy atom. The van der Waals surface area contributed by atoms with Gasteiger partial charge in [-0.25, -0.2) is 9.50 Å². The Hall–Kier alpha value is -1.47. The summed E-state index contributed by atoms with van der Waals surface area (Å²) in [7, 11) is 0. The molecule has 0 aliphatic carbocycles. The lowest BCUT2D eigenvalue weighted by Gasteiger charge is -2.09. The van der Waals surface area contributed by atoms with Crippen LogP contribution < -0.4 is 5.32 Å². The van der Waals surface area contributed by atoms with E-state index in [0.717, 1.165) is 24.4 Å². The second kappa shape index (κ2) is 4.42. The molecule has 0 saturated carbocycles. The first kappa shape index (κ1) is 10.7. The quantitative estimate of drug-likeness (QED) is 0.873.